The number of halogens is 4. The Hall–Kier alpha value is -3.28. The second-order valence-electron chi connectivity index (χ2n) is 10.3. The van der Waals surface area contributed by atoms with Gasteiger partial charge in [-0.15, -0.1) is 0 Å². The van der Waals surface area contributed by atoms with E-state index in [0.717, 1.165) is 42.2 Å². The molecule has 0 N–H and O–H groups in total. The molecule has 2 nitrogen and oxygen atoms in total. The third-order valence-corrected chi connectivity index (χ3v) is 7.67. The van der Waals surface area contributed by atoms with Crippen LogP contribution in [0.1, 0.15) is 59.9 Å². The van der Waals surface area contributed by atoms with E-state index < -0.39 is 11.7 Å². The molecule has 0 amide bonds. The van der Waals surface area contributed by atoms with Crippen LogP contribution in [0, 0.1) is 0 Å². The molecule has 0 saturated carbocycles. The number of benzene rings is 4. The van der Waals surface area contributed by atoms with Gasteiger partial charge in [-0.3, -0.25) is 4.90 Å². The number of hydrogen-bond acceptors (Lipinski definition) is 2. The molecule has 0 radical (unpaired) electrons. The van der Waals surface area contributed by atoms with Crippen molar-refractivity contribution in [2.24, 2.45) is 0 Å². The molecule has 0 bridgehead atoms. The van der Waals surface area contributed by atoms with Crippen LogP contribution >= 0.6 is 11.6 Å². The van der Waals surface area contributed by atoms with Crippen LogP contribution in [-0.2, 0) is 19.1 Å². The van der Waals surface area contributed by atoms with Gasteiger partial charge in [-0.1, -0.05) is 110 Å². The van der Waals surface area contributed by atoms with Crippen molar-refractivity contribution in [3.05, 3.63) is 136 Å². The van der Waals surface area contributed by atoms with Crippen LogP contribution in [0.5, 0.6) is 5.75 Å². The Labute approximate surface area is 246 Å². The number of aryl methyl sites for hydroxylation is 1. The Bertz CT molecular complexity index is 1310. The van der Waals surface area contributed by atoms with Crippen LogP contribution in [0.15, 0.2) is 103 Å². The van der Waals surface area contributed by atoms with Crippen LogP contribution in [0.25, 0.3) is 0 Å². The van der Waals surface area contributed by atoms with Gasteiger partial charge >= 0.3 is 6.18 Å². The lowest BCUT2D eigenvalue weighted by Crippen LogP contribution is -2.31. The first-order chi connectivity index (χ1) is 19.8. The van der Waals surface area contributed by atoms with E-state index in [9.17, 15) is 13.2 Å². The summed E-state index contributed by atoms with van der Waals surface area (Å²) in [7, 11) is 0. The van der Waals surface area contributed by atoms with E-state index in [1.807, 2.05) is 48.5 Å². The van der Waals surface area contributed by atoms with Crippen LogP contribution in [-0.4, -0.2) is 24.6 Å². The molecular formula is C35H37ClF3NO. The van der Waals surface area contributed by atoms with E-state index >= 15 is 0 Å². The van der Waals surface area contributed by atoms with Gasteiger partial charge in [0.05, 0.1) is 17.2 Å². The highest BCUT2D eigenvalue weighted by Crippen LogP contribution is 2.37. The molecule has 6 heteroatoms. The molecule has 0 atom stereocenters. The van der Waals surface area contributed by atoms with Crippen LogP contribution in [0.4, 0.5) is 13.2 Å². The number of unbranched alkanes of at least 4 members (excludes halogenated alkanes) is 1. The summed E-state index contributed by atoms with van der Waals surface area (Å²) >= 11 is 6.33. The second kappa shape index (κ2) is 15.1. The maximum Gasteiger partial charge on any atom is 0.417 e. The molecule has 0 spiro atoms. The fourth-order valence-electron chi connectivity index (χ4n) is 5.08. The van der Waals surface area contributed by atoms with Gasteiger partial charge in [0.1, 0.15) is 5.75 Å². The highest BCUT2D eigenvalue weighted by Gasteiger charge is 2.34. The maximum atomic E-state index is 13.6. The van der Waals surface area contributed by atoms with Crippen LogP contribution in [0.3, 0.4) is 0 Å². The van der Waals surface area contributed by atoms with Crippen molar-refractivity contribution in [1.29, 1.82) is 0 Å². The summed E-state index contributed by atoms with van der Waals surface area (Å²) in [6.07, 6.45) is -0.482. The quantitative estimate of drug-likeness (QED) is 0.138. The number of hydrogen-bond donors (Lipinski definition) is 0. The molecule has 4 aromatic carbocycles. The average molecular weight is 580 g/mol. The molecule has 0 unspecified atom stereocenters. The van der Waals surface area contributed by atoms with Crippen molar-refractivity contribution in [3.8, 4) is 5.75 Å². The van der Waals surface area contributed by atoms with Crippen molar-refractivity contribution in [2.75, 3.05) is 19.7 Å². The molecule has 0 saturated heterocycles. The number of alkyl halides is 3. The number of nitrogens with zero attached hydrogens (tertiary/aromatic N) is 1. The summed E-state index contributed by atoms with van der Waals surface area (Å²) in [4.78, 5) is 2.19. The Morgan fingerprint density at radius 2 is 1.46 bits per heavy atom. The molecule has 4 rings (SSSR count). The SMILES string of the molecule is CCCCc1cccc(OCCCN(Cc2cccc(C(F)(F)F)c2Cl)CC(c2ccccc2)c2ccccc2)c1. The summed E-state index contributed by atoms with van der Waals surface area (Å²) in [5.74, 6) is 0.885. The second-order valence-corrected chi connectivity index (χ2v) is 10.7. The summed E-state index contributed by atoms with van der Waals surface area (Å²) < 4.78 is 46.9. The fraction of sp³-hybridized carbons (Fsp3) is 0.314. The zero-order valence-corrected chi connectivity index (χ0v) is 24.2. The van der Waals surface area contributed by atoms with E-state index in [1.165, 1.54) is 11.6 Å². The minimum Gasteiger partial charge on any atom is -0.494 e. The first-order valence-electron chi connectivity index (χ1n) is 14.2. The lowest BCUT2D eigenvalue weighted by molar-refractivity contribution is -0.137. The first-order valence-corrected chi connectivity index (χ1v) is 14.6. The van der Waals surface area contributed by atoms with Gasteiger partial charge in [-0.05, 0) is 59.7 Å². The van der Waals surface area contributed by atoms with Crippen molar-refractivity contribution in [3.63, 3.8) is 0 Å². The molecule has 216 valence electrons. The topological polar surface area (TPSA) is 12.5 Å². The Morgan fingerprint density at radius 1 is 0.805 bits per heavy atom. The first kappa shape index (κ1) is 30.7. The average Bonchev–Trinajstić information content (AvgIpc) is 2.98. The molecule has 4 aromatic rings. The molecule has 41 heavy (non-hydrogen) atoms. The van der Waals surface area contributed by atoms with Crippen LogP contribution < -0.4 is 4.74 Å². The molecule has 0 aliphatic heterocycles. The third kappa shape index (κ3) is 9.11. The normalized spacial score (nSPS) is 11.8. The van der Waals surface area contributed by atoms with Gasteiger partial charge in [-0.2, -0.15) is 13.2 Å². The van der Waals surface area contributed by atoms with Crippen molar-refractivity contribution in [2.45, 2.75) is 51.2 Å². The third-order valence-electron chi connectivity index (χ3n) is 7.23. The standard InChI is InChI=1S/C35H37ClF3NO/c1-2-3-13-27-14-10-20-31(24-27)41-23-12-22-40(25-30-19-11-21-33(34(30)36)35(37,38)39)26-32(28-15-6-4-7-16-28)29-17-8-5-9-18-29/h4-11,14-21,24,32H,2-3,12-13,22-23,25-26H2,1H3. The maximum absolute atomic E-state index is 13.6. The highest BCUT2D eigenvalue weighted by atomic mass is 35.5. The van der Waals surface area contributed by atoms with E-state index in [-0.39, 0.29) is 10.9 Å². The molecule has 0 heterocycles. The predicted octanol–water partition coefficient (Wildman–Crippen LogP) is 9.80. The Morgan fingerprint density at radius 3 is 2.10 bits per heavy atom. The number of rotatable bonds is 14. The fourth-order valence-corrected chi connectivity index (χ4v) is 5.37. The molecule has 0 aliphatic rings. The Balaban J connectivity index is 1.53. The monoisotopic (exact) mass is 579 g/mol. The van der Waals surface area contributed by atoms with E-state index in [4.69, 9.17) is 16.3 Å². The van der Waals surface area contributed by atoms with Gasteiger partial charge < -0.3 is 4.74 Å². The van der Waals surface area contributed by atoms with Crippen molar-refractivity contribution >= 4 is 11.6 Å². The highest BCUT2D eigenvalue weighted by molar-refractivity contribution is 6.32. The van der Waals surface area contributed by atoms with E-state index in [1.54, 1.807) is 6.07 Å². The molecule has 0 fully saturated rings. The summed E-state index contributed by atoms with van der Waals surface area (Å²) in [6, 6.07) is 32.8. The van der Waals surface area contributed by atoms with Gasteiger partial charge in [0.15, 0.2) is 0 Å². The van der Waals surface area contributed by atoms with Gasteiger partial charge in [-0.25, -0.2) is 0 Å². The zero-order chi connectivity index (χ0) is 29.1. The minimum absolute atomic E-state index is 0.0399. The molecule has 0 aliphatic carbocycles. The largest absolute Gasteiger partial charge is 0.494 e. The van der Waals surface area contributed by atoms with Crippen molar-refractivity contribution in [1.82, 2.24) is 4.90 Å². The molecule has 0 aromatic heterocycles. The summed E-state index contributed by atoms with van der Waals surface area (Å²) in [5, 5.41) is -0.235. The Kier molecular flexibility index (Phi) is 11.3. The smallest absolute Gasteiger partial charge is 0.417 e. The summed E-state index contributed by atoms with van der Waals surface area (Å²) in [6.45, 7) is 4.24. The van der Waals surface area contributed by atoms with E-state index in [0.29, 0.717) is 38.2 Å². The summed E-state index contributed by atoms with van der Waals surface area (Å²) in [5.41, 5.74) is 3.23. The lowest BCUT2D eigenvalue weighted by atomic mass is 9.90. The zero-order valence-electron chi connectivity index (χ0n) is 23.4. The van der Waals surface area contributed by atoms with Gasteiger partial charge in [0.2, 0.25) is 0 Å². The minimum atomic E-state index is -4.51. The predicted molar refractivity (Wildman–Crippen MR) is 162 cm³/mol. The molecular weight excluding hydrogens is 543 g/mol. The van der Waals surface area contributed by atoms with Crippen molar-refractivity contribution < 1.29 is 17.9 Å². The van der Waals surface area contributed by atoms with E-state index in [2.05, 4.69) is 48.2 Å². The van der Waals surface area contributed by atoms with Gasteiger partial charge in [0, 0.05) is 25.6 Å². The van der Waals surface area contributed by atoms with Gasteiger partial charge in [0.25, 0.3) is 0 Å². The lowest BCUT2D eigenvalue weighted by Gasteiger charge is -2.29. The van der Waals surface area contributed by atoms with Crippen LogP contribution in [0.2, 0.25) is 5.02 Å². The number of ether oxygens (including phenoxy) is 1.